The number of ether oxygens (including phenoxy) is 3. The molecule has 0 unspecified atom stereocenters. The summed E-state index contributed by atoms with van der Waals surface area (Å²) in [6.07, 6.45) is 0.822. The molecule has 1 fully saturated rings. The largest absolute Gasteiger partial charge is 0.487 e. The number of para-hydroxylation sites is 1. The van der Waals surface area contributed by atoms with E-state index in [-0.39, 0.29) is 18.6 Å². The highest BCUT2D eigenvalue weighted by Gasteiger charge is 2.27. The number of carbonyl (C=O) groups excluding carboxylic acids is 1. The molecule has 1 atom stereocenters. The maximum absolute atomic E-state index is 13.3. The fourth-order valence-electron chi connectivity index (χ4n) is 4.75. The fourth-order valence-corrected chi connectivity index (χ4v) is 5.70. The average molecular weight is 505 g/mol. The summed E-state index contributed by atoms with van der Waals surface area (Å²) in [7, 11) is 0. The summed E-state index contributed by atoms with van der Waals surface area (Å²) >= 11 is 1.65. The second-order valence-corrected chi connectivity index (χ2v) is 10.3. The highest BCUT2D eigenvalue weighted by Crippen LogP contribution is 2.41. The smallest absolute Gasteiger partial charge is 0.244 e. The van der Waals surface area contributed by atoms with Crippen molar-refractivity contribution in [3.63, 3.8) is 0 Å². The van der Waals surface area contributed by atoms with Crippen LogP contribution in [0, 0.1) is 13.8 Å². The second kappa shape index (κ2) is 9.55. The van der Waals surface area contributed by atoms with Crippen LogP contribution in [0.25, 0.3) is 20.8 Å². The third-order valence-electron chi connectivity index (χ3n) is 6.56. The van der Waals surface area contributed by atoms with Gasteiger partial charge in [0.05, 0.1) is 35.7 Å². The van der Waals surface area contributed by atoms with E-state index in [0.717, 1.165) is 44.2 Å². The van der Waals surface area contributed by atoms with E-state index in [1.165, 1.54) is 0 Å². The van der Waals surface area contributed by atoms with Gasteiger partial charge in [-0.1, -0.05) is 12.1 Å². The topological polar surface area (TPSA) is 78.7 Å². The number of benzene rings is 2. The van der Waals surface area contributed by atoms with Crippen molar-refractivity contribution in [2.75, 3.05) is 26.4 Å². The van der Waals surface area contributed by atoms with Gasteiger partial charge in [0.2, 0.25) is 5.91 Å². The van der Waals surface area contributed by atoms with E-state index in [9.17, 15) is 4.79 Å². The van der Waals surface area contributed by atoms with Crippen molar-refractivity contribution in [3.8, 4) is 22.1 Å². The number of hydrogen-bond acceptors (Lipinski definition) is 7. The summed E-state index contributed by atoms with van der Waals surface area (Å²) in [4.78, 5) is 20.0. The van der Waals surface area contributed by atoms with E-state index in [0.29, 0.717) is 44.4 Å². The molecule has 186 valence electrons. The zero-order valence-corrected chi connectivity index (χ0v) is 21.2. The van der Waals surface area contributed by atoms with Crippen molar-refractivity contribution >= 4 is 27.5 Å². The molecule has 1 amide bonds. The Hall–Kier alpha value is -3.43. The summed E-state index contributed by atoms with van der Waals surface area (Å²) in [5.41, 5.74) is 4.72. The number of rotatable bonds is 5. The summed E-state index contributed by atoms with van der Waals surface area (Å²) in [5.74, 6) is 1.40. The van der Waals surface area contributed by atoms with Crippen LogP contribution in [-0.2, 0) is 22.6 Å². The quantitative estimate of drug-likeness (QED) is 0.402. The number of carbonyl (C=O) groups is 1. The van der Waals surface area contributed by atoms with Gasteiger partial charge in [0.25, 0.3) is 0 Å². The van der Waals surface area contributed by atoms with Gasteiger partial charge < -0.3 is 19.1 Å². The molecule has 4 heterocycles. The van der Waals surface area contributed by atoms with Gasteiger partial charge in [-0.25, -0.2) is 4.98 Å². The lowest BCUT2D eigenvalue weighted by Crippen LogP contribution is -2.35. The van der Waals surface area contributed by atoms with Gasteiger partial charge in [0.1, 0.15) is 24.3 Å². The Bertz CT molecular complexity index is 1390. The van der Waals surface area contributed by atoms with Crippen LogP contribution in [0.3, 0.4) is 0 Å². The number of amides is 1. The molecule has 0 aliphatic carbocycles. The minimum atomic E-state index is -0.0182. The standard InChI is InChI=1S/C27H28N4O4S/c1-17-11-18(2)31(29-17)15-25(32)30-8-10-34-26-20(14-30)12-19(13-23(26)35-21-7-9-33-16-21)27-28-22-5-3-4-6-24(22)36-27/h3-6,11-13,21H,7-10,14-16H2,1-2H3/t21-/m0/s1. The predicted octanol–water partition coefficient (Wildman–Crippen LogP) is 4.37. The summed E-state index contributed by atoms with van der Waals surface area (Å²) < 4.78 is 21.0. The van der Waals surface area contributed by atoms with E-state index >= 15 is 0 Å². The number of thiazole rings is 1. The number of aryl methyl sites for hydroxylation is 2. The van der Waals surface area contributed by atoms with Crippen molar-refractivity contribution in [2.45, 2.75) is 39.5 Å². The second-order valence-electron chi connectivity index (χ2n) is 9.30. The van der Waals surface area contributed by atoms with E-state index in [1.54, 1.807) is 16.0 Å². The van der Waals surface area contributed by atoms with Crippen LogP contribution in [0.4, 0.5) is 0 Å². The van der Waals surface area contributed by atoms with Gasteiger partial charge >= 0.3 is 0 Å². The first-order chi connectivity index (χ1) is 17.5. The van der Waals surface area contributed by atoms with E-state index in [2.05, 4.69) is 17.2 Å². The SMILES string of the molecule is Cc1cc(C)n(CC(=O)N2CCOc3c(cc(-c4nc5ccccc5s4)cc3O[C@H]3CCOC3)C2)n1. The molecule has 4 aromatic rings. The Balaban J connectivity index is 1.35. The monoisotopic (exact) mass is 504 g/mol. The zero-order chi connectivity index (χ0) is 24.6. The van der Waals surface area contributed by atoms with Gasteiger partial charge in [0.15, 0.2) is 11.5 Å². The third-order valence-corrected chi connectivity index (χ3v) is 7.65. The highest BCUT2D eigenvalue weighted by atomic mass is 32.1. The van der Waals surface area contributed by atoms with E-state index in [4.69, 9.17) is 19.2 Å². The molecule has 0 spiro atoms. The molecule has 0 radical (unpaired) electrons. The molecular formula is C27H28N4O4S. The fraction of sp³-hybridized carbons (Fsp3) is 0.370. The molecule has 2 aromatic carbocycles. The van der Waals surface area contributed by atoms with Crippen LogP contribution in [0.2, 0.25) is 0 Å². The summed E-state index contributed by atoms with van der Waals surface area (Å²) in [6, 6.07) is 14.2. The predicted molar refractivity (Wildman–Crippen MR) is 138 cm³/mol. The van der Waals surface area contributed by atoms with Gasteiger partial charge in [-0.2, -0.15) is 5.10 Å². The van der Waals surface area contributed by atoms with Crippen molar-refractivity contribution < 1.29 is 19.0 Å². The van der Waals surface area contributed by atoms with Gasteiger partial charge in [-0.3, -0.25) is 9.48 Å². The van der Waals surface area contributed by atoms with Gasteiger partial charge in [-0.05, 0) is 44.2 Å². The van der Waals surface area contributed by atoms with Gasteiger partial charge in [0, 0.05) is 29.8 Å². The Kier molecular flexibility index (Phi) is 6.10. The molecule has 0 saturated carbocycles. The van der Waals surface area contributed by atoms with E-state index in [1.807, 2.05) is 49.1 Å². The number of aromatic nitrogens is 3. The van der Waals surface area contributed by atoms with Crippen molar-refractivity contribution in [2.24, 2.45) is 0 Å². The number of nitrogens with zero attached hydrogens (tertiary/aromatic N) is 4. The Morgan fingerprint density at radius 2 is 2.08 bits per heavy atom. The van der Waals surface area contributed by atoms with Crippen LogP contribution in [0.15, 0.2) is 42.5 Å². The summed E-state index contributed by atoms with van der Waals surface area (Å²) in [5, 5.41) is 5.37. The van der Waals surface area contributed by atoms with Crippen LogP contribution >= 0.6 is 11.3 Å². The number of hydrogen-bond donors (Lipinski definition) is 0. The van der Waals surface area contributed by atoms with Crippen molar-refractivity contribution in [1.29, 1.82) is 0 Å². The maximum atomic E-state index is 13.3. The molecule has 2 aliphatic heterocycles. The van der Waals surface area contributed by atoms with Crippen molar-refractivity contribution in [1.82, 2.24) is 19.7 Å². The first kappa shape index (κ1) is 23.0. The highest BCUT2D eigenvalue weighted by molar-refractivity contribution is 7.21. The van der Waals surface area contributed by atoms with Crippen LogP contribution < -0.4 is 9.47 Å². The Morgan fingerprint density at radius 1 is 1.19 bits per heavy atom. The van der Waals surface area contributed by atoms with Gasteiger partial charge in [-0.15, -0.1) is 11.3 Å². The third kappa shape index (κ3) is 4.56. The molecule has 2 aliphatic rings. The molecule has 0 bridgehead atoms. The van der Waals surface area contributed by atoms with Crippen LogP contribution in [0.1, 0.15) is 23.4 Å². The zero-order valence-electron chi connectivity index (χ0n) is 20.4. The molecule has 9 heteroatoms. The summed E-state index contributed by atoms with van der Waals surface area (Å²) in [6.45, 7) is 6.69. The van der Waals surface area contributed by atoms with Crippen LogP contribution in [0.5, 0.6) is 11.5 Å². The molecule has 8 nitrogen and oxygen atoms in total. The Morgan fingerprint density at radius 3 is 2.86 bits per heavy atom. The van der Waals surface area contributed by atoms with Crippen molar-refractivity contribution in [3.05, 3.63) is 59.4 Å². The lowest BCUT2D eigenvalue weighted by Gasteiger charge is -2.21. The molecule has 36 heavy (non-hydrogen) atoms. The normalized spacial score (nSPS) is 17.6. The van der Waals surface area contributed by atoms with Crippen LogP contribution in [-0.4, -0.2) is 58.0 Å². The minimum Gasteiger partial charge on any atom is -0.487 e. The molecule has 1 saturated heterocycles. The molecule has 6 rings (SSSR count). The molecular weight excluding hydrogens is 476 g/mol. The minimum absolute atomic E-state index is 0.00898. The lowest BCUT2D eigenvalue weighted by atomic mass is 10.1. The average Bonchev–Trinajstić information content (AvgIpc) is 3.56. The maximum Gasteiger partial charge on any atom is 0.244 e. The molecule has 2 aromatic heterocycles. The lowest BCUT2D eigenvalue weighted by molar-refractivity contribution is -0.132. The number of fused-ring (bicyclic) bond motifs is 2. The first-order valence-corrected chi connectivity index (χ1v) is 13.0. The first-order valence-electron chi connectivity index (χ1n) is 12.2. The Labute approximate surface area is 213 Å². The van der Waals surface area contributed by atoms with E-state index < -0.39 is 0 Å². The molecule has 0 N–H and O–H groups in total.